The Morgan fingerprint density at radius 2 is 1.86 bits per heavy atom. The van der Waals surface area contributed by atoms with Gasteiger partial charge in [0.05, 0.1) is 5.52 Å². The molecule has 3 aromatic heterocycles. The van der Waals surface area contributed by atoms with Crippen molar-refractivity contribution in [2.75, 3.05) is 10.6 Å². The third kappa shape index (κ3) is 5.30. The number of carboxylic acid groups (broad SMARTS) is 1. The van der Waals surface area contributed by atoms with Gasteiger partial charge in [-0.2, -0.15) is 4.68 Å². The van der Waals surface area contributed by atoms with Crippen molar-refractivity contribution < 1.29 is 19.4 Å². The molecule has 5 rings (SSSR count). The Morgan fingerprint density at radius 1 is 1.14 bits per heavy atom. The van der Waals surface area contributed by atoms with Crippen LogP contribution in [-0.4, -0.2) is 65.7 Å². The number of carbonyl (C=O) groups excluding carboxylic acids is 1. The minimum absolute atomic E-state index is 0.0213. The van der Waals surface area contributed by atoms with Crippen LogP contribution >= 0.6 is 0 Å². The second-order valence-corrected chi connectivity index (χ2v) is 10.9. The van der Waals surface area contributed by atoms with Crippen LogP contribution in [0, 0.1) is 6.92 Å². The Labute approximate surface area is 215 Å². The number of hydrogen-bond acceptors (Lipinski definition) is 8. The maximum absolute atomic E-state index is 12.5. The van der Waals surface area contributed by atoms with Crippen molar-refractivity contribution in [3.63, 3.8) is 0 Å². The van der Waals surface area contributed by atoms with Crippen molar-refractivity contribution in [1.82, 2.24) is 24.6 Å². The lowest BCUT2D eigenvalue weighted by molar-refractivity contribution is 0.0385. The highest BCUT2D eigenvalue weighted by molar-refractivity contribution is 5.91. The fourth-order valence-electron chi connectivity index (χ4n) is 5.41. The third-order valence-electron chi connectivity index (χ3n) is 6.85. The molecule has 3 aromatic rings. The maximum atomic E-state index is 12.5. The van der Waals surface area contributed by atoms with Gasteiger partial charge in [0.2, 0.25) is 0 Å². The molecule has 196 valence electrons. The molecule has 2 saturated heterocycles. The van der Waals surface area contributed by atoms with E-state index in [-0.39, 0.29) is 18.1 Å². The standard InChI is InChI=1S/C26H33N7O4/c1-15-11-22(31-33(15)25(36)37-26(2,3)4)29-21-14-20-19(9-6-10-27-20)23(30-21)28-16-12-17-7-5-8-18(13-16)32(17)24(34)35/h6,9-11,14,16-18H,5,7-8,12-13H2,1-4H3,(H,34,35)(H2,28,29,30,31)/t16?,17-,18+. The number of ether oxygens (including phenoxy) is 1. The molecule has 2 aliphatic heterocycles. The molecule has 0 saturated carbocycles. The summed E-state index contributed by atoms with van der Waals surface area (Å²) >= 11 is 0. The van der Waals surface area contributed by atoms with Crippen molar-refractivity contribution in [1.29, 1.82) is 0 Å². The summed E-state index contributed by atoms with van der Waals surface area (Å²) in [5.74, 6) is 1.68. The number of rotatable bonds is 4. The highest BCUT2D eigenvalue weighted by atomic mass is 16.6. The first kappa shape index (κ1) is 24.8. The Morgan fingerprint density at radius 3 is 2.54 bits per heavy atom. The molecule has 2 fully saturated rings. The topological polar surface area (TPSA) is 134 Å². The van der Waals surface area contributed by atoms with E-state index in [1.165, 1.54) is 4.68 Å². The molecule has 0 spiro atoms. The first-order valence-corrected chi connectivity index (χ1v) is 12.7. The van der Waals surface area contributed by atoms with Crippen LogP contribution in [0.15, 0.2) is 30.5 Å². The Bertz CT molecular complexity index is 1320. The zero-order valence-corrected chi connectivity index (χ0v) is 21.6. The van der Waals surface area contributed by atoms with E-state index in [0.29, 0.717) is 23.1 Å². The number of aromatic nitrogens is 4. The normalized spacial score (nSPS) is 21.5. The third-order valence-corrected chi connectivity index (χ3v) is 6.85. The molecule has 5 heterocycles. The van der Waals surface area contributed by atoms with Gasteiger partial charge in [-0.25, -0.2) is 14.6 Å². The lowest BCUT2D eigenvalue weighted by atomic mass is 9.82. The number of nitrogens with zero attached hydrogens (tertiary/aromatic N) is 5. The van der Waals surface area contributed by atoms with E-state index in [1.54, 1.807) is 24.1 Å². The SMILES string of the molecule is Cc1cc(Nc2cc3ncccc3c(NC3C[C@H]4CCC[C@@H](C3)N4C(=O)O)n2)nn1C(=O)OC(C)(C)C. The monoisotopic (exact) mass is 507 g/mol. The number of fused-ring (bicyclic) bond motifs is 3. The second kappa shape index (κ2) is 9.53. The van der Waals surface area contributed by atoms with E-state index in [1.807, 2.05) is 39.0 Å². The molecule has 2 aliphatic rings. The van der Waals surface area contributed by atoms with Crippen molar-refractivity contribution in [2.24, 2.45) is 0 Å². The lowest BCUT2D eigenvalue weighted by Gasteiger charge is -2.47. The van der Waals surface area contributed by atoms with Gasteiger partial charge in [-0.1, -0.05) is 0 Å². The van der Waals surface area contributed by atoms with Crippen LogP contribution in [0.3, 0.4) is 0 Å². The van der Waals surface area contributed by atoms with Gasteiger partial charge < -0.3 is 25.4 Å². The molecule has 37 heavy (non-hydrogen) atoms. The number of piperidine rings is 2. The number of anilines is 3. The highest BCUT2D eigenvalue weighted by Crippen LogP contribution is 2.36. The summed E-state index contributed by atoms with van der Waals surface area (Å²) < 4.78 is 6.66. The van der Waals surface area contributed by atoms with Gasteiger partial charge in [-0.15, -0.1) is 5.10 Å². The molecule has 2 bridgehead atoms. The minimum atomic E-state index is -0.826. The van der Waals surface area contributed by atoms with Crippen molar-refractivity contribution in [2.45, 2.75) is 83.5 Å². The largest absolute Gasteiger partial charge is 0.465 e. The van der Waals surface area contributed by atoms with Crippen LogP contribution in [0.5, 0.6) is 0 Å². The van der Waals surface area contributed by atoms with E-state index in [9.17, 15) is 14.7 Å². The Hall–Kier alpha value is -3.89. The van der Waals surface area contributed by atoms with Gasteiger partial charge in [0.1, 0.15) is 17.2 Å². The smallest absolute Gasteiger partial charge is 0.435 e. The molecular formula is C26H33N7O4. The quantitative estimate of drug-likeness (QED) is 0.439. The van der Waals surface area contributed by atoms with Crippen LogP contribution in [0.2, 0.25) is 0 Å². The van der Waals surface area contributed by atoms with Gasteiger partial charge in [-0.3, -0.25) is 4.98 Å². The number of carbonyl (C=O) groups is 2. The van der Waals surface area contributed by atoms with Gasteiger partial charge >= 0.3 is 12.2 Å². The van der Waals surface area contributed by atoms with Gasteiger partial charge in [-0.05, 0) is 71.9 Å². The summed E-state index contributed by atoms with van der Waals surface area (Å²) in [4.78, 5) is 35.3. The fourth-order valence-corrected chi connectivity index (χ4v) is 5.41. The summed E-state index contributed by atoms with van der Waals surface area (Å²) in [6.07, 6.45) is 4.67. The first-order valence-electron chi connectivity index (χ1n) is 12.7. The average Bonchev–Trinajstić information content (AvgIpc) is 3.17. The van der Waals surface area contributed by atoms with Crippen molar-refractivity contribution in [3.05, 3.63) is 36.2 Å². The molecule has 0 radical (unpaired) electrons. The first-order chi connectivity index (χ1) is 17.6. The lowest BCUT2D eigenvalue weighted by Crippen LogP contribution is -2.56. The van der Waals surface area contributed by atoms with Gasteiger partial charge in [0.25, 0.3) is 0 Å². The van der Waals surface area contributed by atoms with Crippen LogP contribution < -0.4 is 10.6 Å². The molecule has 11 heteroatoms. The summed E-state index contributed by atoms with van der Waals surface area (Å²) in [6, 6.07) is 7.58. The molecule has 3 N–H and O–H groups in total. The molecular weight excluding hydrogens is 474 g/mol. The molecule has 0 aromatic carbocycles. The Balaban J connectivity index is 1.39. The minimum Gasteiger partial charge on any atom is -0.465 e. The second-order valence-electron chi connectivity index (χ2n) is 10.9. The number of nitrogens with one attached hydrogen (secondary N) is 2. The summed E-state index contributed by atoms with van der Waals surface area (Å²) in [5, 5.41) is 21.7. The molecule has 3 atom stereocenters. The molecule has 1 amide bonds. The number of amides is 1. The number of pyridine rings is 2. The van der Waals surface area contributed by atoms with Gasteiger partial charge in [0, 0.05) is 47.5 Å². The number of aryl methyl sites for hydroxylation is 1. The van der Waals surface area contributed by atoms with Crippen molar-refractivity contribution >= 4 is 40.5 Å². The van der Waals surface area contributed by atoms with E-state index in [2.05, 4.69) is 20.7 Å². The molecule has 0 aliphatic carbocycles. The van der Waals surface area contributed by atoms with Crippen LogP contribution in [0.4, 0.5) is 27.0 Å². The predicted molar refractivity (Wildman–Crippen MR) is 139 cm³/mol. The predicted octanol–water partition coefficient (Wildman–Crippen LogP) is 5.14. The van der Waals surface area contributed by atoms with E-state index >= 15 is 0 Å². The molecule has 1 unspecified atom stereocenters. The van der Waals surface area contributed by atoms with Crippen LogP contribution in [0.25, 0.3) is 10.9 Å². The van der Waals surface area contributed by atoms with Crippen molar-refractivity contribution in [3.8, 4) is 0 Å². The summed E-state index contributed by atoms with van der Waals surface area (Å²) in [7, 11) is 0. The van der Waals surface area contributed by atoms with Crippen LogP contribution in [0.1, 0.15) is 58.6 Å². The summed E-state index contributed by atoms with van der Waals surface area (Å²) in [5.41, 5.74) is 0.758. The zero-order valence-electron chi connectivity index (χ0n) is 21.6. The van der Waals surface area contributed by atoms with Gasteiger partial charge in [0.15, 0.2) is 5.82 Å². The fraction of sp³-hybridized carbons (Fsp3) is 0.500. The van der Waals surface area contributed by atoms with Crippen LogP contribution in [-0.2, 0) is 4.74 Å². The highest BCUT2D eigenvalue weighted by Gasteiger charge is 2.41. The average molecular weight is 508 g/mol. The van der Waals surface area contributed by atoms with E-state index < -0.39 is 17.8 Å². The Kier molecular flexibility index (Phi) is 6.38. The van der Waals surface area contributed by atoms with E-state index in [0.717, 1.165) is 43.0 Å². The maximum Gasteiger partial charge on any atom is 0.435 e. The molecule has 11 nitrogen and oxygen atoms in total. The number of hydrogen-bond donors (Lipinski definition) is 3. The zero-order chi connectivity index (χ0) is 26.3. The summed E-state index contributed by atoms with van der Waals surface area (Å²) in [6.45, 7) is 7.21. The van der Waals surface area contributed by atoms with E-state index in [4.69, 9.17) is 9.72 Å².